The third-order valence-electron chi connectivity index (χ3n) is 4.46. The summed E-state index contributed by atoms with van der Waals surface area (Å²) in [7, 11) is 0. The fourth-order valence-electron chi connectivity index (χ4n) is 2.38. The number of hydrogen-bond acceptors (Lipinski definition) is 6. The maximum Gasteiger partial charge on any atom is 0.246 e. The highest BCUT2D eigenvalue weighted by Gasteiger charge is 2.41. The van der Waals surface area contributed by atoms with Crippen LogP contribution < -0.4 is 32.3 Å². The molecule has 0 aromatic rings. The van der Waals surface area contributed by atoms with Gasteiger partial charge in [0.05, 0.1) is 6.54 Å². The van der Waals surface area contributed by atoms with Gasteiger partial charge in [-0.2, -0.15) is 0 Å². The number of amides is 6. The van der Waals surface area contributed by atoms with E-state index in [0.717, 1.165) is 0 Å². The van der Waals surface area contributed by atoms with Crippen molar-refractivity contribution in [1.82, 2.24) is 26.6 Å². The van der Waals surface area contributed by atoms with Crippen molar-refractivity contribution in [2.75, 3.05) is 6.54 Å². The number of carbonyl (C=O) groups is 6. The van der Waals surface area contributed by atoms with Crippen LogP contribution in [0.25, 0.3) is 0 Å². The Morgan fingerprint density at radius 1 is 0.562 bits per heavy atom. The molecule has 0 radical (unpaired) electrons. The molecule has 0 atom stereocenters. The first-order chi connectivity index (χ1) is 14.1. The zero-order valence-electron chi connectivity index (χ0n) is 20.2. The first kappa shape index (κ1) is 28.8. The van der Waals surface area contributed by atoms with Crippen LogP contribution in [-0.4, -0.2) is 64.1 Å². The molecule has 0 unspecified atom stereocenters. The summed E-state index contributed by atoms with van der Waals surface area (Å²) >= 11 is 0. The van der Waals surface area contributed by atoms with Crippen LogP contribution in [0.15, 0.2) is 0 Å². The van der Waals surface area contributed by atoms with E-state index in [1.807, 2.05) is 0 Å². The van der Waals surface area contributed by atoms with E-state index in [-0.39, 0.29) is 6.54 Å². The third-order valence-corrected chi connectivity index (χ3v) is 4.46. The molecule has 6 amide bonds. The summed E-state index contributed by atoms with van der Waals surface area (Å²) < 4.78 is 0. The SMILES string of the molecule is CC(=O)NC(C)(C)C(=O)NC(C)(C)C(=O)NC(C)(C)C(=O)NC(C)(C)C(=O)NCC(N)=O. The van der Waals surface area contributed by atoms with Crippen LogP contribution in [0.4, 0.5) is 0 Å². The van der Waals surface area contributed by atoms with E-state index in [1.165, 1.54) is 62.3 Å². The monoisotopic (exact) mass is 456 g/mol. The lowest BCUT2D eigenvalue weighted by Gasteiger charge is -2.35. The highest BCUT2D eigenvalue weighted by Crippen LogP contribution is 2.13. The standard InChI is InChI=1S/C20H36N6O6/c1-11(27)23-18(4,5)14(30)25-20(8,9)16(32)26-19(6,7)15(31)24-17(2,3)13(29)22-10-12(21)28/h10H2,1-9H3,(H2,21,28)(H,22,29)(H,23,27)(H,24,31)(H,25,30)(H,26,32). The van der Waals surface area contributed by atoms with E-state index < -0.39 is 57.6 Å². The molecule has 0 aliphatic rings. The molecule has 7 N–H and O–H groups in total. The van der Waals surface area contributed by atoms with Crippen LogP contribution in [0, 0.1) is 0 Å². The average molecular weight is 457 g/mol. The van der Waals surface area contributed by atoms with Crippen LogP contribution >= 0.6 is 0 Å². The molecule has 12 heteroatoms. The lowest BCUT2D eigenvalue weighted by Crippen LogP contribution is -2.67. The van der Waals surface area contributed by atoms with Crippen molar-refractivity contribution < 1.29 is 28.8 Å². The minimum atomic E-state index is -1.46. The molecule has 0 spiro atoms. The van der Waals surface area contributed by atoms with Gasteiger partial charge in [0.2, 0.25) is 35.4 Å². The molecule has 0 saturated heterocycles. The summed E-state index contributed by atoms with van der Waals surface area (Å²) in [5.41, 5.74) is -0.568. The highest BCUT2D eigenvalue weighted by molar-refractivity contribution is 6.00. The van der Waals surface area contributed by atoms with Gasteiger partial charge in [-0.05, 0) is 55.4 Å². The number of nitrogens with two attached hydrogens (primary N) is 1. The van der Waals surface area contributed by atoms with Gasteiger partial charge in [0.15, 0.2) is 0 Å². The minimum Gasteiger partial charge on any atom is -0.368 e. The largest absolute Gasteiger partial charge is 0.368 e. The van der Waals surface area contributed by atoms with E-state index in [1.54, 1.807) is 0 Å². The van der Waals surface area contributed by atoms with Crippen molar-refractivity contribution in [3.05, 3.63) is 0 Å². The van der Waals surface area contributed by atoms with Crippen molar-refractivity contribution >= 4 is 35.4 Å². The van der Waals surface area contributed by atoms with Gasteiger partial charge in [-0.1, -0.05) is 0 Å². The number of hydrogen-bond donors (Lipinski definition) is 6. The Kier molecular flexibility index (Phi) is 8.97. The molecular formula is C20H36N6O6. The zero-order valence-corrected chi connectivity index (χ0v) is 20.2. The molecule has 0 fully saturated rings. The average Bonchev–Trinajstić information content (AvgIpc) is 2.57. The summed E-state index contributed by atoms with van der Waals surface area (Å²) in [6, 6.07) is 0. The third kappa shape index (κ3) is 8.52. The van der Waals surface area contributed by atoms with Gasteiger partial charge in [0.25, 0.3) is 0 Å². The van der Waals surface area contributed by atoms with Crippen LogP contribution in [0.5, 0.6) is 0 Å². The second-order valence-corrected chi connectivity index (χ2v) is 9.69. The van der Waals surface area contributed by atoms with E-state index in [2.05, 4.69) is 26.6 Å². The highest BCUT2D eigenvalue weighted by atomic mass is 16.2. The smallest absolute Gasteiger partial charge is 0.246 e. The topological polar surface area (TPSA) is 189 Å². The normalized spacial score (nSPS) is 12.3. The molecule has 0 heterocycles. The first-order valence-corrected chi connectivity index (χ1v) is 9.97. The Morgan fingerprint density at radius 2 is 0.844 bits per heavy atom. The maximum atomic E-state index is 12.8. The van der Waals surface area contributed by atoms with E-state index >= 15 is 0 Å². The lowest BCUT2D eigenvalue weighted by molar-refractivity contribution is -0.140. The Balaban J connectivity index is 5.26. The Bertz CT molecular complexity index is 800. The number of primary amides is 1. The van der Waals surface area contributed by atoms with Crippen LogP contribution in [0.2, 0.25) is 0 Å². The van der Waals surface area contributed by atoms with Gasteiger partial charge in [0, 0.05) is 6.92 Å². The van der Waals surface area contributed by atoms with Crippen LogP contribution in [-0.2, 0) is 28.8 Å². The van der Waals surface area contributed by atoms with Crippen molar-refractivity contribution in [3.63, 3.8) is 0 Å². The molecule has 0 aromatic carbocycles. The zero-order chi connectivity index (χ0) is 25.7. The summed E-state index contributed by atoms with van der Waals surface area (Å²) in [6.45, 7) is 12.4. The Labute approximate surface area is 188 Å². The molecule has 0 rings (SSSR count). The van der Waals surface area contributed by atoms with Gasteiger partial charge >= 0.3 is 0 Å². The summed E-state index contributed by atoms with van der Waals surface area (Å²) in [4.78, 5) is 72.5. The van der Waals surface area contributed by atoms with E-state index in [4.69, 9.17) is 5.73 Å². The predicted octanol–water partition coefficient (Wildman–Crippen LogP) is -1.81. The number of carbonyl (C=O) groups excluding carboxylic acids is 6. The van der Waals surface area contributed by atoms with Crippen molar-refractivity contribution in [2.45, 2.75) is 84.5 Å². The molecule has 0 aliphatic carbocycles. The predicted molar refractivity (Wildman–Crippen MR) is 117 cm³/mol. The van der Waals surface area contributed by atoms with Gasteiger partial charge in [0.1, 0.15) is 22.2 Å². The molecule has 0 aromatic heterocycles. The molecule has 12 nitrogen and oxygen atoms in total. The van der Waals surface area contributed by atoms with Crippen LogP contribution in [0.3, 0.4) is 0 Å². The fraction of sp³-hybridized carbons (Fsp3) is 0.700. The number of rotatable bonds is 10. The molecule has 32 heavy (non-hydrogen) atoms. The van der Waals surface area contributed by atoms with E-state index in [0.29, 0.717) is 0 Å². The molecule has 182 valence electrons. The molecular weight excluding hydrogens is 420 g/mol. The molecule has 0 saturated carbocycles. The van der Waals surface area contributed by atoms with Crippen molar-refractivity contribution in [1.29, 1.82) is 0 Å². The number of nitrogens with one attached hydrogen (secondary N) is 5. The minimum absolute atomic E-state index is 0.388. The van der Waals surface area contributed by atoms with Crippen molar-refractivity contribution in [3.8, 4) is 0 Å². The first-order valence-electron chi connectivity index (χ1n) is 9.97. The van der Waals surface area contributed by atoms with Gasteiger partial charge in [-0.15, -0.1) is 0 Å². The maximum absolute atomic E-state index is 12.8. The second kappa shape index (κ2) is 9.96. The van der Waals surface area contributed by atoms with E-state index in [9.17, 15) is 28.8 Å². The van der Waals surface area contributed by atoms with Crippen molar-refractivity contribution in [2.24, 2.45) is 5.73 Å². The Hall–Kier alpha value is -3.18. The summed E-state index contributed by atoms with van der Waals surface area (Å²) in [5, 5.41) is 12.4. The lowest BCUT2D eigenvalue weighted by atomic mass is 9.95. The quantitative estimate of drug-likeness (QED) is 0.224. The fourth-order valence-corrected chi connectivity index (χ4v) is 2.38. The summed E-state index contributed by atoms with van der Waals surface area (Å²) in [6.07, 6.45) is 0. The van der Waals surface area contributed by atoms with Gasteiger partial charge < -0.3 is 32.3 Å². The summed E-state index contributed by atoms with van der Waals surface area (Å²) in [5.74, 6) is -3.72. The molecule has 0 aliphatic heterocycles. The van der Waals surface area contributed by atoms with Gasteiger partial charge in [-0.3, -0.25) is 28.8 Å². The second-order valence-electron chi connectivity index (χ2n) is 9.69. The Morgan fingerprint density at radius 3 is 1.12 bits per heavy atom. The molecule has 0 bridgehead atoms. The van der Waals surface area contributed by atoms with Gasteiger partial charge in [-0.25, -0.2) is 0 Å². The van der Waals surface area contributed by atoms with Crippen LogP contribution in [0.1, 0.15) is 62.3 Å².